The molecule has 30 heavy (non-hydrogen) atoms. The minimum atomic E-state index is -0.766. The van der Waals surface area contributed by atoms with Gasteiger partial charge in [0.1, 0.15) is 6.04 Å². The lowest BCUT2D eigenvalue weighted by Crippen LogP contribution is -2.42. The molecule has 0 saturated carbocycles. The predicted octanol–water partition coefficient (Wildman–Crippen LogP) is 2.34. The van der Waals surface area contributed by atoms with Gasteiger partial charge in [-0.3, -0.25) is 14.4 Å². The van der Waals surface area contributed by atoms with E-state index in [4.69, 9.17) is 11.6 Å². The molecular formula is C21H20ClN5O3. The normalized spacial score (nSPS) is 15.8. The van der Waals surface area contributed by atoms with Crippen LogP contribution in [0.15, 0.2) is 48.8 Å². The van der Waals surface area contributed by atoms with Crippen molar-refractivity contribution in [1.29, 1.82) is 0 Å². The minimum Gasteiger partial charge on any atom is -0.354 e. The number of para-hydroxylation sites is 1. The van der Waals surface area contributed by atoms with Crippen molar-refractivity contribution in [3.63, 3.8) is 0 Å². The number of amides is 3. The van der Waals surface area contributed by atoms with E-state index in [2.05, 4.69) is 20.9 Å². The molecule has 3 N–H and O–H groups in total. The number of aromatic nitrogens is 2. The van der Waals surface area contributed by atoms with Crippen LogP contribution < -0.4 is 16.0 Å². The van der Waals surface area contributed by atoms with Crippen LogP contribution in [0.1, 0.15) is 23.2 Å². The van der Waals surface area contributed by atoms with Gasteiger partial charge in [-0.05, 0) is 36.8 Å². The Bertz CT molecular complexity index is 1130. The number of benzene rings is 2. The quantitative estimate of drug-likeness (QED) is 0.563. The number of rotatable bonds is 6. The Balaban J connectivity index is 1.27. The van der Waals surface area contributed by atoms with E-state index in [0.717, 1.165) is 11.0 Å². The predicted molar refractivity (Wildman–Crippen MR) is 113 cm³/mol. The van der Waals surface area contributed by atoms with Crippen LogP contribution in [0.2, 0.25) is 5.02 Å². The summed E-state index contributed by atoms with van der Waals surface area (Å²) in [6, 6.07) is 11.5. The molecule has 2 heterocycles. The van der Waals surface area contributed by atoms with E-state index in [1.165, 1.54) is 0 Å². The monoisotopic (exact) mass is 425 g/mol. The number of carbonyl (C=O) groups excluding carboxylic acids is 3. The third-order valence-corrected chi connectivity index (χ3v) is 5.20. The van der Waals surface area contributed by atoms with Crippen molar-refractivity contribution in [2.24, 2.45) is 0 Å². The number of carbonyl (C=O) groups is 3. The molecular weight excluding hydrogens is 406 g/mol. The number of anilines is 1. The fourth-order valence-electron chi connectivity index (χ4n) is 3.41. The van der Waals surface area contributed by atoms with Crippen molar-refractivity contribution in [2.45, 2.75) is 25.4 Å². The molecule has 2 aromatic carbocycles. The molecule has 0 radical (unpaired) electrons. The number of imidazole rings is 1. The van der Waals surface area contributed by atoms with Crippen LogP contribution in [0, 0.1) is 0 Å². The van der Waals surface area contributed by atoms with E-state index < -0.39 is 6.04 Å². The Hall–Kier alpha value is -3.39. The number of nitrogens with one attached hydrogen (secondary N) is 3. The van der Waals surface area contributed by atoms with E-state index in [9.17, 15) is 14.4 Å². The molecule has 1 aliphatic heterocycles. The first-order valence-electron chi connectivity index (χ1n) is 9.59. The second-order valence-electron chi connectivity index (χ2n) is 7.02. The zero-order valence-corrected chi connectivity index (χ0v) is 16.8. The average molecular weight is 426 g/mol. The smallest absolute Gasteiger partial charge is 0.254 e. The number of hydrogen-bond acceptors (Lipinski definition) is 4. The number of nitrogens with zero attached hydrogens (tertiary/aromatic N) is 2. The Morgan fingerprint density at radius 3 is 2.90 bits per heavy atom. The first-order valence-corrected chi connectivity index (χ1v) is 9.97. The van der Waals surface area contributed by atoms with Crippen LogP contribution in [-0.4, -0.2) is 39.9 Å². The van der Waals surface area contributed by atoms with Crippen LogP contribution in [-0.2, 0) is 16.1 Å². The molecule has 3 amide bonds. The lowest BCUT2D eigenvalue weighted by atomic mass is 10.1. The Morgan fingerprint density at radius 1 is 1.20 bits per heavy atom. The number of fused-ring (bicyclic) bond motifs is 2. The number of hydrogen-bond donors (Lipinski definition) is 3. The summed E-state index contributed by atoms with van der Waals surface area (Å²) in [6.45, 7) is 0.974. The molecule has 0 saturated heterocycles. The lowest BCUT2D eigenvalue weighted by Gasteiger charge is -2.14. The van der Waals surface area contributed by atoms with Gasteiger partial charge in [-0.1, -0.05) is 23.7 Å². The zero-order valence-electron chi connectivity index (χ0n) is 16.0. The van der Waals surface area contributed by atoms with E-state index in [0.29, 0.717) is 29.4 Å². The summed E-state index contributed by atoms with van der Waals surface area (Å²) >= 11 is 5.97. The maximum atomic E-state index is 12.4. The van der Waals surface area contributed by atoms with Crippen molar-refractivity contribution < 1.29 is 14.4 Å². The molecule has 0 unspecified atom stereocenters. The van der Waals surface area contributed by atoms with Gasteiger partial charge in [0, 0.05) is 24.5 Å². The molecule has 1 atom stereocenters. The van der Waals surface area contributed by atoms with Crippen LogP contribution in [0.3, 0.4) is 0 Å². The molecule has 0 aliphatic carbocycles. The molecule has 1 aliphatic rings. The van der Waals surface area contributed by atoms with E-state index in [-0.39, 0.29) is 30.6 Å². The fraction of sp³-hybridized carbons (Fsp3) is 0.238. The zero-order chi connectivity index (χ0) is 21.1. The molecule has 9 heteroatoms. The highest BCUT2D eigenvalue weighted by molar-refractivity contribution is 6.31. The highest BCUT2D eigenvalue weighted by atomic mass is 35.5. The molecule has 8 nitrogen and oxygen atoms in total. The van der Waals surface area contributed by atoms with Gasteiger partial charge in [-0.15, -0.1) is 0 Å². The average Bonchev–Trinajstić information content (AvgIpc) is 3.07. The van der Waals surface area contributed by atoms with Gasteiger partial charge < -0.3 is 20.5 Å². The van der Waals surface area contributed by atoms with Gasteiger partial charge in [0.2, 0.25) is 11.8 Å². The minimum absolute atomic E-state index is 0.120. The molecule has 0 spiro atoms. The summed E-state index contributed by atoms with van der Waals surface area (Å²) < 4.78 is 1.93. The topological polar surface area (TPSA) is 105 Å². The van der Waals surface area contributed by atoms with Crippen LogP contribution in [0.5, 0.6) is 0 Å². The van der Waals surface area contributed by atoms with Gasteiger partial charge in [0.25, 0.3) is 5.91 Å². The summed E-state index contributed by atoms with van der Waals surface area (Å²) in [5.74, 6) is -0.850. The third-order valence-electron chi connectivity index (χ3n) is 4.97. The van der Waals surface area contributed by atoms with Gasteiger partial charge in [-0.25, -0.2) is 4.98 Å². The number of halogens is 1. The molecule has 0 bridgehead atoms. The van der Waals surface area contributed by atoms with Crippen molar-refractivity contribution in [3.05, 3.63) is 59.4 Å². The summed E-state index contributed by atoms with van der Waals surface area (Å²) in [5.41, 5.74) is 2.61. The standard InChI is InChI=1S/C21H20ClN5O3/c22-13-5-7-18-17(11-13)24-12-27(18)10-9-23-19(28)8-6-16-21(30)25-15-4-2-1-3-14(15)20(29)26-16/h1-5,7,11-12,16H,6,8-10H2,(H,23,28)(H,25,30)(H,26,29)/t16-/m0/s1. The molecule has 0 fully saturated rings. The third kappa shape index (κ3) is 4.28. The SMILES string of the molecule is O=C(CC[C@@H]1NC(=O)c2ccccc2NC1=O)NCCn1cnc2cc(Cl)ccc21. The Labute approximate surface area is 177 Å². The van der Waals surface area contributed by atoms with Crippen molar-refractivity contribution in [2.75, 3.05) is 11.9 Å². The molecule has 4 rings (SSSR count). The molecule has 1 aromatic heterocycles. The van der Waals surface area contributed by atoms with Crippen molar-refractivity contribution in [3.8, 4) is 0 Å². The van der Waals surface area contributed by atoms with E-state index in [1.807, 2.05) is 10.6 Å². The summed E-state index contributed by atoms with van der Waals surface area (Å²) in [5, 5.41) is 8.89. The van der Waals surface area contributed by atoms with E-state index >= 15 is 0 Å². The second-order valence-corrected chi connectivity index (χ2v) is 7.46. The first-order chi connectivity index (χ1) is 14.5. The maximum Gasteiger partial charge on any atom is 0.254 e. The van der Waals surface area contributed by atoms with Gasteiger partial charge in [0.15, 0.2) is 0 Å². The lowest BCUT2D eigenvalue weighted by molar-refractivity contribution is -0.121. The maximum absolute atomic E-state index is 12.4. The van der Waals surface area contributed by atoms with Gasteiger partial charge in [0.05, 0.1) is 28.6 Å². The molecule has 3 aromatic rings. The second kappa shape index (κ2) is 8.54. The van der Waals surface area contributed by atoms with Crippen molar-refractivity contribution >= 4 is 46.0 Å². The summed E-state index contributed by atoms with van der Waals surface area (Å²) in [4.78, 5) is 41.2. The largest absolute Gasteiger partial charge is 0.354 e. The van der Waals surface area contributed by atoms with Crippen LogP contribution in [0.25, 0.3) is 11.0 Å². The summed E-state index contributed by atoms with van der Waals surface area (Å²) in [6.07, 6.45) is 2.04. The fourth-order valence-corrected chi connectivity index (χ4v) is 3.58. The van der Waals surface area contributed by atoms with Crippen LogP contribution >= 0.6 is 11.6 Å². The Morgan fingerprint density at radius 2 is 2.03 bits per heavy atom. The van der Waals surface area contributed by atoms with Crippen LogP contribution in [0.4, 0.5) is 5.69 Å². The first kappa shape index (κ1) is 19.9. The molecule has 154 valence electrons. The van der Waals surface area contributed by atoms with Gasteiger partial charge in [-0.2, -0.15) is 0 Å². The summed E-state index contributed by atoms with van der Waals surface area (Å²) in [7, 11) is 0. The van der Waals surface area contributed by atoms with E-state index in [1.54, 1.807) is 42.7 Å². The van der Waals surface area contributed by atoms with Gasteiger partial charge >= 0.3 is 0 Å². The Kier molecular flexibility index (Phi) is 5.67. The van der Waals surface area contributed by atoms with Crippen molar-refractivity contribution in [1.82, 2.24) is 20.2 Å². The highest BCUT2D eigenvalue weighted by Gasteiger charge is 2.27. The highest BCUT2D eigenvalue weighted by Crippen LogP contribution is 2.19.